The molecule has 3 heterocycles. The second-order valence-corrected chi connectivity index (χ2v) is 10.8. The number of morpholine rings is 1. The monoisotopic (exact) mass is 514 g/mol. The van der Waals surface area contributed by atoms with E-state index in [-0.39, 0.29) is 36.7 Å². The number of carbonyl (C=O) groups is 2. The van der Waals surface area contributed by atoms with E-state index in [2.05, 4.69) is 5.10 Å². The third-order valence-electron chi connectivity index (χ3n) is 7.43. The summed E-state index contributed by atoms with van der Waals surface area (Å²) in [6.45, 7) is 8.54. The number of likely N-dealkylation sites (tertiary alicyclic amines) is 1. The molecule has 2 atom stereocenters. The lowest BCUT2D eigenvalue weighted by atomic mass is 10.1. The molecule has 2 aliphatic heterocycles. The van der Waals surface area contributed by atoms with Gasteiger partial charge in [-0.2, -0.15) is 5.10 Å². The second kappa shape index (κ2) is 10.4. The van der Waals surface area contributed by atoms with Crippen LogP contribution in [0.1, 0.15) is 60.4 Å². The minimum Gasteiger partial charge on any atom is -0.490 e. The number of aromatic nitrogens is 2. The molecule has 0 radical (unpaired) electrons. The predicted molar refractivity (Wildman–Crippen MR) is 137 cm³/mol. The van der Waals surface area contributed by atoms with Gasteiger partial charge in [-0.15, -0.1) is 0 Å². The van der Waals surface area contributed by atoms with Crippen molar-refractivity contribution in [3.05, 3.63) is 45.7 Å². The lowest BCUT2D eigenvalue weighted by Gasteiger charge is -2.35. The van der Waals surface area contributed by atoms with Crippen LogP contribution in [0.15, 0.2) is 18.2 Å². The molecule has 2 amide bonds. The molecule has 3 aliphatic rings. The molecular weight excluding hydrogens is 480 g/mol. The first-order valence-corrected chi connectivity index (χ1v) is 13.4. The number of halogens is 1. The van der Waals surface area contributed by atoms with Gasteiger partial charge in [0.2, 0.25) is 5.91 Å². The zero-order valence-corrected chi connectivity index (χ0v) is 22.1. The van der Waals surface area contributed by atoms with Crippen LogP contribution < -0.4 is 4.74 Å². The number of carbonyl (C=O) groups excluding carboxylic acids is 2. The molecular formula is C27H35ClN4O4. The maximum absolute atomic E-state index is 13.4. The third kappa shape index (κ3) is 5.25. The van der Waals surface area contributed by atoms with Crippen LogP contribution in [-0.4, -0.2) is 75.9 Å². The Balaban J connectivity index is 1.21. The van der Waals surface area contributed by atoms with Crippen LogP contribution in [0.3, 0.4) is 0 Å². The number of aryl methyl sites for hydroxylation is 1. The number of ether oxygens (including phenoxy) is 2. The van der Waals surface area contributed by atoms with Gasteiger partial charge in [-0.1, -0.05) is 11.6 Å². The van der Waals surface area contributed by atoms with Crippen LogP contribution in [0.25, 0.3) is 0 Å². The van der Waals surface area contributed by atoms with Crippen LogP contribution in [0.2, 0.25) is 5.02 Å². The van der Waals surface area contributed by atoms with Gasteiger partial charge in [-0.25, -0.2) is 0 Å². The fraction of sp³-hybridized carbons (Fsp3) is 0.593. The van der Waals surface area contributed by atoms with Crippen molar-refractivity contribution >= 4 is 23.4 Å². The molecule has 0 spiro atoms. The van der Waals surface area contributed by atoms with Crippen molar-refractivity contribution in [2.75, 3.05) is 26.2 Å². The normalized spacial score (nSPS) is 22.6. The molecule has 2 saturated heterocycles. The summed E-state index contributed by atoms with van der Waals surface area (Å²) in [5.41, 5.74) is 3.56. The van der Waals surface area contributed by atoms with Gasteiger partial charge in [0.05, 0.1) is 12.2 Å². The van der Waals surface area contributed by atoms with Crippen molar-refractivity contribution in [1.82, 2.24) is 19.6 Å². The Bertz CT molecular complexity index is 1130. The summed E-state index contributed by atoms with van der Waals surface area (Å²) in [5.74, 6) is 0.812. The molecule has 1 aliphatic carbocycles. The summed E-state index contributed by atoms with van der Waals surface area (Å²) in [6, 6.07) is 5.70. The summed E-state index contributed by atoms with van der Waals surface area (Å²) in [7, 11) is 0. The summed E-state index contributed by atoms with van der Waals surface area (Å²) in [5, 5.41) is 5.41. The van der Waals surface area contributed by atoms with Crippen molar-refractivity contribution in [1.29, 1.82) is 0 Å². The topological polar surface area (TPSA) is 76.9 Å². The molecule has 2 aromatic rings. The Labute approximate surface area is 217 Å². The summed E-state index contributed by atoms with van der Waals surface area (Å²) in [4.78, 5) is 30.3. The van der Waals surface area contributed by atoms with Crippen molar-refractivity contribution < 1.29 is 19.1 Å². The van der Waals surface area contributed by atoms with E-state index in [1.165, 1.54) is 0 Å². The SMILES string of the molecule is Cc1cc(OC2CCN(C(=O)Cn3nc(C(=O)N4C[C@@H](C)O[C@@H](C)C4)c4c3CCC4)CC2)ccc1Cl. The van der Waals surface area contributed by atoms with Crippen molar-refractivity contribution in [2.45, 2.75) is 77.7 Å². The summed E-state index contributed by atoms with van der Waals surface area (Å²) >= 11 is 6.12. The van der Waals surface area contributed by atoms with Gasteiger partial charge >= 0.3 is 0 Å². The van der Waals surface area contributed by atoms with E-state index in [0.29, 0.717) is 31.9 Å². The number of rotatable bonds is 5. The molecule has 1 aromatic carbocycles. The average molecular weight is 515 g/mol. The Kier molecular flexibility index (Phi) is 7.26. The van der Waals surface area contributed by atoms with Gasteiger partial charge in [-0.3, -0.25) is 14.3 Å². The Hall–Kier alpha value is -2.58. The third-order valence-corrected chi connectivity index (χ3v) is 7.85. The smallest absolute Gasteiger partial charge is 0.274 e. The first-order chi connectivity index (χ1) is 17.3. The number of piperidine rings is 1. The summed E-state index contributed by atoms with van der Waals surface area (Å²) in [6.07, 6.45) is 4.33. The van der Waals surface area contributed by atoms with E-state index < -0.39 is 0 Å². The number of hydrogen-bond donors (Lipinski definition) is 0. The lowest BCUT2D eigenvalue weighted by molar-refractivity contribution is -0.133. The van der Waals surface area contributed by atoms with Crippen molar-refractivity contribution in [3.63, 3.8) is 0 Å². The van der Waals surface area contributed by atoms with Crippen LogP contribution in [0.4, 0.5) is 0 Å². The molecule has 8 nitrogen and oxygen atoms in total. The molecule has 0 N–H and O–H groups in total. The van der Waals surface area contributed by atoms with Crippen LogP contribution in [0, 0.1) is 6.92 Å². The van der Waals surface area contributed by atoms with Crippen LogP contribution in [-0.2, 0) is 28.9 Å². The maximum atomic E-state index is 13.4. The van der Waals surface area contributed by atoms with Gasteiger partial charge < -0.3 is 19.3 Å². The molecule has 194 valence electrons. The number of fused-ring (bicyclic) bond motifs is 1. The first kappa shape index (κ1) is 25.1. The molecule has 36 heavy (non-hydrogen) atoms. The molecule has 1 aromatic heterocycles. The number of benzene rings is 1. The molecule has 2 fully saturated rings. The van der Waals surface area contributed by atoms with Gasteiger partial charge in [-0.05, 0) is 63.8 Å². The van der Waals surface area contributed by atoms with Crippen LogP contribution in [0.5, 0.6) is 5.75 Å². The number of amides is 2. The average Bonchev–Trinajstić information content (AvgIpc) is 3.45. The fourth-order valence-corrected chi connectivity index (χ4v) is 5.76. The maximum Gasteiger partial charge on any atom is 0.274 e. The number of nitrogens with zero attached hydrogens (tertiary/aromatic N) is 4. The quantitative estimate of drug-likeness (QED) is 0.608. The minimum absolute atomic E-state index is 0.00466. The number of hydrogen-bond acceptors (Lipinski definition) is 5. The Morgan fingerprint density at radius 2 is 1.83 bits per heavy atom. The summed E-state index contributed by atoms with van der Waals surface area (Å²) < 4.78 is 13.7. The van der Waals surface area contributed by atoms with Gasteiger partial charge in [0.1, 0.15) is 18.4 Å². The highest BCUT2D eigenvalue weighted by atomic mass is 35.5. The largest absolute Gasteiger partial charge is 0.490 e. The van der Waals surface area contributed by atoms with Gasteiger partial charge in [0, 0.05) is 55.3 Å². The molecule has 9 heteroatoms. The molecule has 0 bridgehead atoms. The zero-order chi connectivity index (χ0) is 25.4. The van der Waals surface area contributed by atoms with Crippen LogP contribution >= 0.6 is 11.6 Å². The van der Waals surface area contributed by atoms with Crippen molar-refractivity contribution in [3.8, 4) is 5.75 Å². The predicted octanol–water partition coefficient (Wildman–Crippen LogP) is 3.65. The molecule has 0 unspecified atom stereocenters. The minimum atomic E-state index is -0.0447. The molecule has 5 rings (SSSR count). The van der Waals surface area contributed by atoms with E-state index in [4.69, 9.17) is 21.1 Å². The second-order valence-electron chi connectivity index (χ2n) is 10.4. The lowest BCUT2D eigenvalue weighted by Crippen LogP contribution is -2.48. The highest BCUT2D eigenvalue weighted by Gasteiger charge is 2.33. The van der Waals surface area contributed by atoms with E-state index in [0.717, 1.165) is 59.7 Å². The van der Waals surface area contributed by atoms with Gasteiger partial charge in [0.15, 0.2) is 5.69 Å². The fourth-order valence-electron chi connectivity index (χ4n) is 5.64. The van der Waals surface area contributed by atoms with E-state index >= 15 is 0 Å². The molecule has 0 saturated carbocycles. The highest BCUT2D eigenvalue weighted by Crippen LogP contribution is 2.28. The van der Waals surface area contributed by atoms with E-state index in [1.807, 2.05) is 48.8 Å². The van der Waals surface area contributed by atoms with E-state index in [1.54, 1.807) is 4.68 Å². The van der Waals surface area contributed by atoms with E-state index in [9.17, 15) is 9.59 Å². The highest BCUT2D eigenvalue weighted by molar-refractivity contribution is 6.31. The van der Waals surface area contributed by atoms with Gasteiger partial charge in [0.25, 0.3) is 5.91 Å². The first-order valence-electron chi connectivity index (χ1n) is 13.0. The van der Waals surface area contributed by atoms with Crippen molar-refractivity contribution in [2.24, 2.45) is 0 Å². The standard InChI is InChI=1S/C27H35ClN4O4/c1-17-13-21(7-8-23(17)28)36-20-9-11-30(12-10-20)25(33)16-32-24-6-4-5-22(24)26(29-32)27(34)31-14-18(2)35-19(3)15-31/h7-8,13,18-20H,4-6,9-12,14-16H2,1-3H3/t18-,19+. The zero-order valence-electron chi connectivity index (χ0n) is 21.3. The Morgan fingerprint density at radius 3 is 2.53 bits per heavy atom. The Morgan fingerprint density at radius 1 is 1.11 bits per heavy atom.